The molecule has 1 aromatic heterocycles. The van der Waals surface area contributed by atoms with Gasteiger partial charge in [-0.1, -0.05) is 44.1 Å². The molecule has 4 nitrogen and oxygen atoms in total. The summed E-state index contributed by atoms with van der Waals surface area (Å²) in [4.78, 5) is 17.4. The Hall–Kier alpha value is -2.10. The van der Waals surface area contributed by atoms with Crippen LogP contribution in [0.2, 0.25) is 0 Å². The van der Waals surface area contributed by atoms with Crippen molar-refractivity contribution in [1.29, 1.82) is 0 Å². The summed E-state index contributed by atoms with van der Waals surface area (Å²) in [6.07, 6.45) is 3.28. The molecule has 23 heavy (non-hydrogen) atoms. The van der Waals surface area contributed by atoms with Crippen LogP contribution in [0.25, 0.3) is 11.0 Å². The van der Waals surface area contributed by atoms with Crippen molar-refractivity contribution in [1.82, 2.24) is 0 Å². The predicted octanol–water partition coefficient (Wildman–Crippen LogP) is 4.79. The van der Waals surface area contributed by atoms with Crippen LogP contribution in [-0.4, -0.2) is 11.7 Å². The molecule has 120 valence electrons. The fourth-order valence-electron chi connectivity index (χ4n) is 4.29. The van der Waals surface area contributed by atoms with E-state index < -0.39 is 5.97 Å². The van der Waals surface area contributed by atoms with Gasteiger partial charge in [0.2, 0.25) is 5.76 Å². The molecule has 2 fully saturated rings. The molecule has 0 unspecified atom stereocenters. The lowest BCUT2D eigenvalue weighted by atomic mass is 9.70. The SMILES string of the molecule is CC1(C)[C@@H]2CC[C@@]1(C)/C(=N/OC(=O)c1cc3ccccc3o1)C2. The van der Waals surface area contributed by atoms with Gasteiger partial charge < -0.3 is 9.25 Å². The second-order valence-electron chi connectivity index (χ2n) is 7.56. The quantitative estimate of drug-likeness (QED) is 0.592. The molecule has 1 aromatic carbocycles. The summed E-state index contributed by atoms with van der Waals surface area (Å²) in [5, 5.41) is 5.12. The summed E-state index contributed by atoms with van der Waals surface area (Å²) in [6, 6.07) is 9.22. The Labute approximate surface area is 135 Å². The highest BCUT2D eigenvalue weighted by Crippen LogP contribution is 2.64. The Morgan fingerprint density at radius 3 is 2.74 bits per heavy atom. The Morgan fingerprint density at radius 1 is 1.30 bits per heavy atom. The van der Waals surface area contributed by atoms with E-state index in [1.165, 1.54) is 6.42 Å². The molecule has 0 radical (unpaired) electrons. The number of benzene rings is 1. The van der Waals surface area contributed by atoms with Gasteiger partial charge in [0.1, 0.15) is 5.58 Å². The molecule has 4 rings (SSSR count). The van der Waals surface area contributed by atoms with E-state index >= 15 is 0 Å². The minimum Gasteiger partial charge on any atom is -0.449 e. The van der Waals surface area contributed by atoms with Gasteiger partial charge in [-0.3, -0.25) is 0 Å². The number of oxime groups is 1. The van der Waals surface area contributed by atoms with Gasteiger partial charge in [0.25, 0.3) is 0 Å². The van der Waals surface area contributed by atoms with Crippen molar-refractivity contribution in [3.8, 4) is 0 Å². The molecule has 0 amide bonds. The van der Waals surface area contributed by atoms with Crippen LogP contribution in [-0.2, 0) is 4.84 Å². The maximum atomic E-state index is 12.2. The summed E-state index contributed by atoms with van der Waals surface area (Å²) in [5.41, 5.74) is 1.95. The van der Waals surface area contributed by atoms with E-state index in [0.717, 1.165) is 23.9 Å². The highest BCUT2D eigenvalue weighted by atomic mass is 16.7. The summed E-state index contributed by atoms with van der Waals surface area (Å²) >= 11 is 0. The maximum Gasteiger partial charge on any atom is 0.400 e. The number of hydrogen-bond acceptors (Lipinski definition) is 4. The predicted molar refractivity (Wildman–Crippen MR) is 88.3 cm³/mol. The number of carbonyl (C=O) groups excluding carboxylic acids is 1. The Balaban J connectivity index is 1.56. The summed E-state index contributed by atoms with van der Waals surface area (Å²) in [6.45, 7) is 6.84. The van der Waals surface area contributed by atoms with E-state index in [9.17, 15) is 4.79 Å². The van der Waals surface area contributed by atoms with Crippen LogP contribution in [0.3, 0.4) is 0 Å². The van der Waals surface area contributed by atoms with Crippen LogP contribution in [0.15, 0.2) is 39.9 Å². The molecule has 2 aliphatic rings. The molecule has 0 spiro atoms. The lowest BCUT2D eigenvalue weighted by molar-refractivity contribution is 0.0474. The van der Waals surface area contributed by atoms with Crippen LogP contribution < -0.4 is 0 Å². The second kappa shape index (κ2) is 4.70. The Kier molecular flexibility index (Phi) is 2.96. The van der Waals surface area contributed by atoms with E-state index in [1.54, 1.807) is 6.07 Å². The molecule has 2 aromatic rings. The lowest BCUT2D eigenvalue weighted by Gasteiger charge is -2.34. The number of furan rings is 1. The normalized spacial score (nSPS) is 30.2. The number of carbonyl (C=O) groups is 1. The molecule has 0 saturated heterocycles. The smallest absolute Gasteiger partial charge is 0.400 e. The first kappa shape index (κ1) is 14.5. The van der Waals surface area contributed by atoms with Gasteiger partial charge in [0, 0.05) is 10.8 Å². The molecule has 0 N–H and O–H groups in total. The van der Waals surface area contributed by atoms with Crippen LogP contribution in [0.5, 0.6) is 0 Å². The van der Waals surface area contributed by atoms with Crippen molar-refractivity contribution in [2.45, 2.75) is 40.0 Å². The zero-order chi connectivity index (χ0) is 16.2. The second-order valence-corrected chi connectivity index (χ2v) is 7.56. The molecular weight excluding hydrogens is 290 g/mol. The van der Waals surface area contributed by atoms with Crippen molar-refractivity contribution >= 4 is 22.7 Å². The highest BCUT2D eigenvalue weighted by Gasteiger charge is 2.60. The van der Waals surface area contributed by atoms with Crippen molar-refractivity contribution in [2.24, 2.45) is 21.9 Å². The molecular formula is C19H21NO3. The Morgan fingerprint density at radius 2 is 2.09 bits per heavy atom. The molecule has 2 saturated carbocycles. The van der Waals surface area contributed by atoms with Crippen LogP contribution in [0, 0.1) is 16.7 Å². The van der Waals surface area contributed by atoms with Gasteiger partial charge in [-0.25, -0.2) is 4.79 Å². The number of para-hydroxylation sites is 1. The minimum absolute atomic E-state index is 0.0336. The molecule has 4 heteroatoms. The Bertz CT molecular complexity index is 784. The zero-order valence-corrected chi connectivity index (χ0v) is 13.8. The number of rotatable bonds is 2. The van der Waals surface area contributed by atoms with Gasteiger partial charge in [0.15, 0.2) is 0 Å². The summed E-state index contributed by atoms with van der Waals surface area (Å²) in [7, 11) is 0. The number of nitrogens with zero attached hydrogens (tertiary/aromatic N) is 1. The van der Waals surface area contributed by atoms with Gasteiger partial charge in [-0.15, -0.1) is 0 Å². The zero-order valence-electron chi connectivity index (χ0n) is 13.8. The first-order chi connectivity index (χ1) is 10.9. The van der Waals surface area contributed by atoms with Crippen molar-refractivity contribution < 1.29 is 14.0 Å². The lowest BCUT2D eigenvalue weighted by Crippen LogP contribution is -2.32. The first-order valence-corrected chi connectivity index (χ1v) is 8.19. The third kappa shape index (κ3) is 1.97. The first-order valence-electron chi connectivity index (χ1n) is 8.19. The van der Waals surface area contributed by atoms with Crippen LogP contribution in [0.4, 0.5) is 0 Å². The molecule has 2 bridgehead atoms. The molecule has 0 aliphatic heterocycles. The molecule has 2 aliphatic carbocycles. The van der Waals surface area contributed by atoms with Crippen LogP contribution in [0.1, 0.15) is 50.6 Å². The summed E-state index contributed by atoms with van der Waals surface area (Å²) < 4.78 is 5.53. The van der Waals surface area contributed by atoms with Gasteiger partial charge >= 0.3 is 5.97 Å². The van der Waals surface area contributed by atoms with Gasteiger partial charge in [-0.2, -0.15) is 0 Å². The fraction of sp³-hybridized carbons (Fsp3) is 0.474. The summed E-state index contributed by atoms with van der Waals surface area (Å²) in [5.74, 6) is 0.303. The average molecular weight is 311 g/mol. The average Bonchev–Trinajstić information content (AvgIpc) is 3.11. The monoisotopic (exact) mass is 311 g/mol. The number of hydrogen-bond donors (Lipinski definition) is 0. The van der Waals surface area contributed by atoms with E-state index in [-0.39, 0.29) is 16.6 Å². The number of fused-ring (bicyclic) bond motifs is 3. The largest absolute Gasteiger partial charge is 0.449 e. The third-order valence-electron chi connectivity index (χ3n) is 6.38. The maximum absolute atomic E-state index is 12.2. The van der Waals surface area contributed by atoms with Crippen LogP contribution >= 0.6 is 0 Å². The standard InChI is InChI=1S/C19H21NO3/c1-18(2)13-8-9-19(18,3)16(11-13)20-23-17(21)15-10-12-6-4-5-7-14(12)22-15/h4-7,10,13H,8-9,11H2,1-3H3/b20-16+/t13-,19+/m1/s1. The van der Waals surface area contributed by atoms with Crippen molar-refractivity contribution in [2.75, 3.05) is 0 Å². The highest BCUT2D eigenvalue weighted by molar-refractivity contribution is 5.96. The van der Waals surface area contributed by atoms with E-state index in [2.05, 4.69) is 25.9 Å². The molecule has 1 heterocycles. The van der Waals surface area contributed by atoms with Crippen molar-refractivity contribution in [3.05, 3.63) is 36.1 Å². The van der Waals surface area contributed by atoms with Crippen molar-refractivity contribution in [3.63, 3.8) is 0 Å². The minimum atomic E-state index is -0.530. The van der Waals surface area contributed by atoms with Gasteiger partial charge in [-0.05, 0) is 42.7 Å². The molecule has 2 atom stereocenters. The van der Waals surface area contributed by atoms with E-state index in [1.807, 2.05) is 24.3 Å². The van der Waals surface area contributed by atoms with E-state index in [4.69, 9.17) is 9.25 Å². The topological polar surface area (TPSA) is 51.8 Å². The fourth-order valence-corrected chi connectivity index (χ4v) is 4.29. The van der Waals surface area contributed by atoms with Gasteiger partial charge in [0.05, 0.1) is 5.71 Å². The third-order valence-corrected chi connectivity index (χ3v) is 6.38. The van der Waals surface area contributed by atoms with E-state index in [0.29, 0.717) is 11.5 Å².